The van der Waals surface area contributed by atoms with Crippen LogP contribution in [0, 0.1) is 0 Å². The fourth-order valence-corrected chi connectivity index (χ4v) is 8.77. The molecule has 0 N–H and O–H groups in total. The van der Waals surface area contributed by atoms with Crippen LogP contribution >= 0.6 is 0 Å². The van der Waals surface area contributed by atoms with Gasteiger partial charge in [-0.15, -0.1) is 0 Å². The van der Waals surface area contributed by atoms with Gasteiger partial charge in [-0.25, -0.2) is 15.0 Å². The van der Waals surface area contributed by atoms with E-state index in [9.17, 15) is 0 Å². The minimum Gasteiger partial charge on any atom is -0.456 e. The summed E-state index contributed by atoms with van der Waals surface area (Å²) in [6.07, 6.45) is 0. The number of benzene rings is 8. The van der Waals surface area contributed by atoms with Crippen LogP contribution in [0.2, 0.25) is 0 Å². The Morgan fingerprint density at radius 1 is 0.345 bits per heavy atom. The fourth-order valence-electron chi connectivity index (χ4n) is 8.77. The van der Waals surface area contributed by atoms with E-state index in [0.717, 1.165) is 60.9 Å². The summed E-state index contributed by atoms with van der Waals surface area (Å²) in [4.78, 5) is 15.3. The summed E-state index contributed by atoms with van der Waals surface area (Å²) in [6, 6.07) is 66.1. The average Bonchev–Trinajstić information content (AvgIpc) is 3.78. The van der Waals surface area contributed by atoms with Crippen molar-refractivity contribution in [2.24, 2.45) is 0 Å². The highest BCUT2D eigenvalue weighted by Crippen LogP contribution is 2.49. The second-order valence-corrected chi connectivity index (χ2v) is 15.6. The molecule has 8 aromatic carbocycles. The fraction of sp³-hybridized carbons (Fsp3) is 0.0556. The van der Waals surface area contributed by atoms with Crippen molar-refractivity contribution in [3.63, 3.8) is 0 Å². The van der Waals surface area contributed by atoms with E-state index in [1.807, 2.05) is 18.2 Å². The topological polar surface area (TPSA) is 51.8 Å². The highest BCUT2D eigenvalue weighted by Gasteiger charge is 2.35. The van der Waals surface area contributed by atoms with E-state index < -0.39 is 0 Å². The van der Waals surface area contributed by atoms with Gasteiger partial charge in [-0.3, -0.25) is 0 Å². The van der Waals surface area contributed by atoms with Crippen molar-refractivity contribution in [1.82, 2.24) is 15.0 Å². The highest BCUT2D eigenvalue weighted by molar-refractivity contribution is 6.13. The van der Waals surface area contributed by atoms with Gasteiger partial charge >= 0.3 is 0 Å². The van der Waals surface area contributed by atoms with Crippen LogP contribution in [-0.4, -0.2) is 15.0 Å². The molecule has 0 spiro atoms. The van der Waals surface area contributed by atoms with E-state index in [4.69, 9.17) is 19.4 Å². The Hall–Kier alpha value is -7.43. The first-order valence-electron chi connectivity index (χ1n) is 19.8. The second kappa shape index (κ2) is 13.4. The second-order valence-electron chi connectivity index (χ2n) is 15.6. The van der Waals surface area contributed by atoms with Gasteiger partial charge in [-0.05, 0) is 92.0 Å². The van der Waals surface area contributed by atoms with Gasteiger partial charge < -0.3 is 4.42 Å². The van der Waals surface area contributed by atoms with Crippen molar-refractivity contribution < 1.29 is 4.42 Å². The van der Waals surface area contributed by atoms with E-state index in [1.165, 1.54) is 33.4 Å². The van der Waals surface area contributed by atoms with E-state index in [2.05, 4.69) is 184 Å². The molecule has 10 aromatic rings. The van der Waals surface area contributed by atoms with Gasteiger partial charge in [0, 0.05) is 32.9 Å². The molecule has 2 aromatic heterocycles. The molecule has 0 bridgehead atoms. The molecule has 1 aliphatic rings. The highest BCUT2D eigenvalue weighted by atomic mass is 16.3. The van der Waals surface area contributed by atoms with Crippen LogP contribution in [0.25, 0.3) is 101 Å². The number of nitrogens with zero attached hydrogens (tertiary/aromatic N) is 3. The molecule has 0 saturated carbocycles. The van der Waals surface area contributed by atoms with Gasteiger partial charge in [-0.1, -0.05) is 166 Å². The molecule has 0 atom stereocenters. The Kier molecular flexibility index (Phi) is 7.80. The first-order valence-corrected chi connectivity index (χ1v) is 19.8. The van der Waals surface area contributed by atoms with Gasteiger partial charge in [0.05, 0.1) is 0 Å². The predicted molar refractivity (Wildman–Crippen MR) is 237 cm³/mol. The molecule has 0 unspecified atom stereocenters. The maximum atomic E-state index is 6.57. The number of aromatic nitrogens is 3. The Balaban J connectivity index is 0.989. The smallest absolute Gasteiger partial charge is 0.164 e. The third-order valence-corrected chi connectivity index (χ3v) is 11.7. The Morgan fingerprint density at radius 3 is 1.64 bits per heavy atom. The molecule has 0 radical (unpaired) electrons. The number of furan rings is 1. The van der Waals surface area contributed by atoms with Gasteiger partial charge in [0.15, 0.2) is 17.5 Å². The lowest BCUT2D eigenvalue weighted by Crippen LogP contribution is -2.15. The number of hydrogen-bond acceptors (Lipinski definition) is 4. The van der Waals surface area contributed by atoms with E-state index in [1.54, 1.807) is 0 Å². The monoisotopic (exact) mass is 743 g/mol. The molecule has 4 heteroatoms. The first-order chi connectivity index (χ1) is 28.5. The lowest BCUT2D eigenvalue weighted by molar-refractivity contribution is 0.660. The maximum Gasteiger partial charge on any atom is 0.164 e. The summed E-state index contributed by atoms with van der Waals surface area (Å²) in [5.41, 5.74) is 16.4. The standard InChI is InChI=1S/C54H37N3O/c1-54(2)46-24-10-9-22-43(46)44-28-27-41(32-47(44)54)53-56-51(35-16-7-4-8-17-35)55-52(57-53)40-21-12-19-37(31-40)38-26-29-45-49(33-38)58-48-25-13-23-42(50(45)48)39-20-11-18-36(30-39)34-14-5-3-6-15-34/h3-33H,1-2H3. The lowest BCUT2D eigenvalue weighted by Gasteiger charge is -2.21. The van der Waals surface area contributed by atoms with Crippen molar-refractivity contribution in [1.29, 1.82) is 0 Å². The summed E-state index contributed by atoms with van der Waals surface area (Å²) >= 11 is 0. The summed E-state index contributed by atoms with van der Waals surface area (Å²) < 4.78 is 6.57. The Bertz CT molecular complexity index is 3200. The van der Waals surface area contributed by atoms with Gasteiger partial charge in [0.1, 0.15) is 11.2 Å². The van der Waals surface area contributed by atoms with Gasteiger partial charge in [0.2, 0.25) is 0 Å². The number of hydrogen-bond donors (Lipinski definition) is 0. The molecular formula is C54H37N3O. The third-order valence-electron chi connectivity index (χ3n) is 11.7. The molecular weight excluding hydrogens is 707 g/mol. The lowest BCUT2D eigenvalue weighted by atomic mass is 9.82. The maximum absolute atomic E-state index is 6.57. The third kappa shape index (κ3) is 5.64. The molecule has 274 valence electrons. The largest absolute Gasteiger partial charge is 0.456 e. The minimum absolute atomic E-state index is 0.135. The quantitative estimate of drug-likeness (QED) is 0.170. The molecule has 58 heavy (non-hydrogen) atoms. The molecule has 4 nitrogen and oxygen atoms in total. The van der Waals surface area contributed by atoms with Crippen LogP contribution in [0.4, 0.5) is 0 Å². The molecule has 0 aliphatic heterocycles. The number of fused-ring (bicyclic) bond motifs is 6. The van der Waals surface area contributed by atoms with E-state index >= 15 is 0 Å². The zero-order valence-corrected chi connectivity index (χ0v) is 32.1. The van der Waals surface area contributed by atoms with Crippen molar-refractivity contribution in [3.05, 3.63) is 199 Å². The minimum atomic E-state index is -0.135. The van der Waals surface area contributed by atoms with Crippen molar-refractivity contribution in [3.8, 4) is 78.7 Å². The van der Waals surface area contributed by atoms with Crippen molar-refractivity contribution in [2.75, 3.05) is 0 Å². The molecule has 0 saturated heterocycles. The normalized spacial score (nSPS) is 12.8. The predicted octanol–water partition coefficient (Wildman–Crippen LogP) is 14.1. The van der Waals surface area contributed by atoms with Crippen LogP contribution < -0.4 is 0 Å². The molecule has 0 amide bonds. The van der Waals surface area contributed by atoms with Crippen LogP contribution in [0.1, 0.15) is 25.0 Å². The Morgan fingerprint density at radius 2 is 0.862 bits per heavy atom. The SMILES string of the molecule is CC1(C)c2ccccc2-c2ccc(-c3nc(-c4ccccc4)nc(-c4cccc(-c5ccc6c(c5)oc5cccc(-c7cccc(-c8ccccc8)c7)c56)c4)n3)cc21. The molecule has 11 rings (SSSR count). The van der Waals surface area contributed by atoms with Crippen LogP contribution in [0.15, 0.2) is 192 Å². The van der Waals surface area contributed by atoms with Gasteiger partial charge in [-0.2, -0.15) is 0 Å². The summed E-state index contributed by atoms with van der Waals surface area (Å²) in [5.74, 6) is 1.92. The molecule has 0 fully saturated rings. The molecule has 1 aliphatic carbocycles. The van der Waals surface area contributed by atoms with E-state index in [-0.39, 0.29) is 5.41 Å². The first kappa shape index (κ1) is 33.9. The summed E-state index contributed by atoms with van der Waals surface area (Å²) in [7, 11) is 0. The van der Waals surface area contributed by atoms with Crippen LogP contribution in [-0.2, 0) is 5.41 Å². The average molecular weight is 744 g/mol. The zero-order chi connectivity index (χ0) is 38.8. The molecule has 2 heterocycles. The van der Waals surface area contributed by atoms with E-state index in [0.29, 0.717) is 17.5 Å². The van der Waals surface area contributed by atoms with Crippen LogP contribution in [0.3, 0.4) is 0 Å². The zero-order valence-electron chi connectivity index (χ0n) is 32.1. The van der Waals surface area contributed by atoms with Crippen molar-refractivity contribution >= 4 is 21.9 Å². The van der Waals surface area contributed by atoms with Crippen molar-refractivity contribution in [2.45, 2.75) is 19.3 Å². The summed E-state index contributed by atoms with van der Waals surface area (Å²) in [6.45, 7) is 4.60. The van der Waals surface area contributed by atoms with Crippen LogP contribution in [0.5, 0.6) is 0 Å². The Labute approximate surface area is 337 Å². The van der Waals surface area contributed by atoms with Gasteiger partial charge in [0.25, 0.3) is 0 Å². The summed E-state index contributed by atoms with van der Waals surface area (Å²) in [5, 5.41) is 2.21. The number of rotatable bonds is 6.